The van der Waals surface area contributed by atoms with Gasteiger partial charge in [-0.05, 0) is 28.4 Å². The minimum atomic E-state index is 0.842. The summed E-state index contributed by atoms with van der Waals surface area (Å²) >= 11 is 3.30. The van der Waals surface area contributed by atoms with E-state index in [0.29, 0.717) is 0 Å². The van der Waals surface area contributed by atoms with Gasteiger partial charge in [0.25, 0.3) is 0 Å². The number of hydrogen-bond acceptors (Lipinski definition) is 1. The van der Waals surface area contributed by atoms with Gasteiger partial charge in [-0.2, -0.15) is 0 Å². The molecule has 1 nitrogen and oxygen atoms in total. The van der Waals surface area contributed by atoms with Crippen molar-refractivity contribution in [3.63, 3.8) is 0 Å². The van der Waals surface area contributed by atoms with E-state index in [-0.39, 0.29) is 0 Å². The fraction of sp³-hybridized carbons (Fsp3) is 0.333. The Balaban J connectivity index is 2.38. The first-order chi connectivity index (χ1) is 5.29. The Labute approximate surface area is 74.2 Å². The van der Waals surface area contributed by atoms with E-state index in [0.717, 1.165) is 23.3 Å². The van der Waals surface area contributed by atoms with E-state index in [9.17, 15) is 0 Å². The Hall–Kier alpha value is -0.500. The van der Waals surface area contributed by atoms with Gasteiger partial charge in [0.05, 0.1) is 0 Å². The number of hydrogen-bond donors (Lipinski definition) is 0. The van der Waals surface area contributed by atoms with E-state index in [2.05, 4.69) is 28.9 Å². The maximum Gasteiger partial charge on any atom is 0.170 e. The van der Waals surface area contributed by atoms with Crippen molar-refractivity contribution in [2.75, 3.05) is 0 Å². The van der Waals surface area contributed by atoms with Crippen molar-refractivity contribution in [3.8, 4) is 0 Å². The van der Waals surface area contributed by atoms with E-state index in [1.54, 1.807) is 0 Å². The molecule has 0 saturated heterocycles. The topological polar surface area (TPSA) is 13.1 Å². The molecule has 1 heterocycles. The summed E-state index contributed by atoms with van der Waals surface area (Å²) in [7, 11) is 0. The van der Waals surface area contributed by atoms with Gasteiger partial charge >= 0.3 is 0 Å². The third-order valence-electron chi connectivity index (χ3n) is 2.01. The maximum atomic E-state index is 5.42. The van der Waals surface area contributed by atoms with E-state index in [4.69, 9.17) is 4.42 Å². The second kappa shape index (κ2) is 2.52. The van der Waals surface area contributed by atoms with Crippen molar-refractivity contribution in [2.45, 2.75) is 19.8 Å². The normalized spacial score (nSPS) is 14.9. The molecule has 0 aromatic carbocycles. The highest BCUT2D eigenvalue weighted by Crippen LogP contribution is 2.31. The molecule has 58 valence electrons. The molecule has 0 radical (unpaired) electrons. The fourth-order valence-corrected chi connectivity index (χ4v) is 1.82. The van der Waals surface area contributed by atoms with Gasteiger partial charge in [0.2, 0.25) is 0 Å². The third-order valence-corrected chi connectivity index (χ3v) is 2.40. The van der Waals surface area contributed by atoms with Crippen LogP contribution >= 0.6 is 15.9 Å². The zero-order chi connectivity index (χ0) is 7.84. The smallest absolute Gasteiger partial charge is 0.170 e. The second-order valence-corrected chi connectivity index (χ2v) is 3.54. The highest BCUT2D eigenvalue weighted by atomic mass is 79.9. The van der Waals surface area contributed by atoms with Crippen LogP contribution in [0.2, 0.25) is 0 Å². The summed E-state index contributed by atoms with van der Waals surface area (Å²) in [5, 5.41) is 0. The Morgan fingerprint density at radius 3 is 3.09 bits per heavy atom. The van der Waals surface area contributed by atoms with Gasteiger partial charge in [0.15, 0.2) is 4.67 Å². The molecule has 1 aliphatic rings. The van der Waals surface area contributed by atoms with Crippen molar-refractivity contribution in [1.29, 1.82) is 0 Å². The quantitative estimate of drug-likeness (QED) is 0.696. The molecule has 0 N–H and O–H groups in total. The van der Waals surface area contributed by atoms with Crippen molar-refractivity contribution < 1.29 is 4.42 Å². The first kappa shape index (κ1) is 7.17. The van der Waals surface area contributed by atoms with Gasteiger partial charge in [-0.25, -0.2) is 0 Å². The lowest BCUT2D eigenvalue weighted by Crippen LogP contribution is -1.78. The molecule has 2 heteroatoms. The van der Waals surface area contributed by atoms with E-state index in [1.807, 2.05) is 6.07 Å². The Morgan fingerprint density at radius 2 is 2.45 bits per heavy atom. The van der Waals surface area contributed by atoms with Crippen LogP contribution in [0.5, 0.6) is 0 Å². The minimum Gasteiger partial charge on any atom is -0.453 e. The van der Waals surface area contributed by atoms with Crippen LogP contribution < -0.4 is 0 Å². The fourth-order valence-electron chi connectivity index (χ4n) is 1.37. The average molecular weight is 213 g/mol. The van der Waals surface area contributed by atoms with Crippen LogP contribution in [-0.4, -0.2) is 0 Å². The maximum absolute atomic E-state index is 5.42. The first-order valence-electron chi connectivity index (χ1n) is 3.77. The van der Waals surface area contributed by atoms with Crippen molar-refractivity contribution >= 4 is 22.0 Å². The molecule has 1 aliphatic carbocycles. The standard InChI is InChI=1S/C9H9BrO/c1-2-6-3-7-5-9(10)11-8(7)4-6/h3,5H,2,4H2,1H3. The lowest BCUT2D eigenvalue weighted by atomic mass is 10.2. The monoisotopic (exact) mass is 212 g/mol. The van der Waals surface area contributed by atoms with Crippen LogP contribution in [0.15, 0.2) is 20.7 Å². The van der Waals surface area contributed by atoms with Crippen molar-refractivity contribution in [2.24, 2.45) is 0 Å². The number of rotatable bonds is 1. The number of halogens is 1. The Bertz CT molecular complexity index is 309. The first-order valence-corrected chi connectivity index (χ1v) is 4.56. The SMILES string of the molecule is CCC1=Cc2cc(Br)oc2C1. The molecule has 0 spiro atoms. The average Bonchev–Trinajstić information content (AvgIpc) is 2.43. The summed E-state index contributed by atoms with van der Waals surface area (Å²) in [5.41, 5.74) is 2.71. The van der Waals surface area contributed by atoms with Crippen LogP contribution in [0.25, 0.3) is 6.08 Å². The van der Waals surface area contributed by atoms with Gasteiger partial charge in [-0.1, -0.05) is 18.6 Å². The van der Waals surface area contributed by atoms with Gasteiger partial charge in [-0.3, -0.25) is 0 Å². The predicted molar refractivity (Wildman–Crippen MR) is 48.4 cm³/mol. The van der Waals surface area contributed by atoms with Crippen molar-refractivity contribution in [1.82, 2.24) is 0 Å². The molecule has 1 aromatic rings. The molecule has 0 amide bonds. The zero-order valence-corrected chi connectivity index (χ0v) is 7.94. The Morgan fingerprint density at radius 1 is 1.64 bits per heavy atom. The number of furan rings is 1. The molecular weight excluding hydrogens is 204 g/mol. The summed E-state index contributed by atoms with van der Waals surface area (Å²) in [6.07, 6.45) is 4.34. The van der Waals surface area contributed by atoms with Crippen LogP contribution in [0.3, 0.4) is 0 Å². The summed E-state index contributed by atoms with van der Waals surface area (Å²) in [4.78, 5) is 0. The molecule has 0 atom stereocenters. The number of allylic oxidation sites excluding steroid dienone is 1. The highest BCUT2D eigenvalue weighted by Gasteiger charge is 2.15. The van der Waals surface area contributed by atoms with Gasteiger partial charge in [0.1, 0.15) is 5.76 Å². The molecule has 1 aromatic heterocycles. The van der Waals surface area contributed by atoms with Crippen molar-refractivity contribution in [3.05, 3.63) is 27.6 Å². The van der Waals surface area contributed by atoms with E-state index in [1.165, 1.54) is 11.1 Å². The second-order valence-electron chi connectivity index (χ2n) is 2.76. The van der Waals surface area contributed by atoms with Crippen LogP contribution in [0, 0.1) is 0 Å². The van der Waals surface area contributed by atoms with Gasteiger partial charge < -0.3 is 4.42 Å². The summed E-state index contributed by atoms with van der Waals surface area (Å²) < 4.78 is 6.26. The summed E-state index contributed by atoms with van der Waals surface area (Å²) in [6, 6.07) is 2.03. The van der Waals surface area contributed by atoms with Gasteiger partial charge in [-0.15, -0.1) is 0 Å². The van der Waals surface area contributed by atoms with Crippen LogP contribution in [0.4, 0.5) is 0 Å². The minimum absolute atomic E-state index is 0.842. The molecule has 2 rings (SSSR count). The lowest BCUT2D eigenvalue weighted by molar-refractivity contribution is 0.498. The van der Waals surface area contributed by atoms with E-state index < -0.39 is 0 Å². The van der Waals surface area contributed by atoms with Crippen LogP contribution in [-0.2, 0) is 6.42 Å². The van der Waals surface area contributed by atoms with E-state index >= 15 is 0 Å². The number of fused-ring (bicyclic) bond motifs is 1. The Kier molecular flexibility index (Phi) is 1.64. The molecular formula is C9H9BrO. The molecule has 0 bridgehead atoms. The van der Waals surface area contributed by atoms with Gasteiger partial charge in [0, 0.05) is 12.0 Å². The highest BCUT2D eigenvalue weighted by molar-refractivity contribution is 9.10. The largest absolute Gasteiger partial charge is 0.453 e. The molecule has 0 aliphatic heterocycles. The molecule has 11 heavy (non-hydrogen) atoms. The molecule has 0 saturated carbocycles. The third kappa shape index (κ3) is 1.16. The predicted octanol–water partition coefficient (Wildman–Crippen LogP) is 3.39. The molecule has 0 fully saturated rings. The summed E-state index contributed by atoms with van der Waals surface area (Å²) in [5.74, 6) is 1.11. The molecule has 0 unspecified atom stereocenters. The zero-order valence-electron chi connectivity index (χ0n) is 6.36. The lowest BCUT2D eigenvalue weighted by Gasteiger charge is -1.92. The summed E-state index contributed by atoms with van der Waals surface area (Å²) in [6.45, 7) is 2.17. The van der Waals surface area contributed by atoms with Crippen LogP contribution in [0.1, 0.15) is 24.7 Å².